The molecule has 0 amide bonds. The fraction of sp³-hybridized carbons (Fsp3) is 0.667. The van der Waals surface area contributed by atoms with Crippen LogP contribution in [0.1, 0.15) is 26.7 Å². The number of carbonyl (C=O) groups excluding carboxylic acids is 1. The van der Waals surface area contributed by atoms with E-state index in [1.165, 1.54) is 6.42 Å². The molecule has 1 fully saturated rings. The molecule has 1 atom stereocenters. The summed E-state index contributed by atoms with van der Waals surface area (Å²) < 4.78 is 0. The highest BCUT2D eigenvalue weighted by Crippen LogP contribution is 2.04. The molecule has 2 N–H and O–H groups in total. The third-order valence-electron chi connectivity index (χ3n) is 2.33. The predicted molar refractivity (Wildman–Crippen MR) is 44.3 cm³/mol. The molecule has 1 rings (SSSR count). The van der Waals surface area contributed by atoms with E-state index in [2.05, 4.69) is 5.32 Å². The lowest BCUT2D eigenvalue weighted by Gasteiger charge is -2.04. The van der Waals surface area contributed by atoms with Crippen LogP contribution in [0.15, 0.2) is 11.6 Å². The normalized spacial score (nSPS) is 25.6. The lowest BCUT2D eigenvalue weighted by molar-refractivity contribution is -0.656. The Kier molecular flexibility index (Phi) is 2.83. The Bertz CT molecular complexity index is 178. The molecule has 0 aliphatic carbocycles. The minimum atomic E-state index is 0.228. The van der Waals surface area contributed by atoms with E-state index in [1.807, 2.05) is 19.9 Å². The van der Waals surface area contributed by atoms with E-state index in [-0.39, 0.29) is 6.04 Å². The molecule has 0 bridgehead atoms. The molecule has 1 aliphatic rings. The molecular formula is C9H16NO+. The lowest BCUT2D eigenvalue weighted by Crippen LogP contribution is -2.88. The number of nitrogens with two attached hydrogens (primary N) is 1. The maximum atomic E-state index is 11.5. The number of hydrogen-bond acceptors (Lipinski definition) is 1. The Morgan fingerprint density at radius 3 is 2.82 bits per heavy atom. The van der Waals surface area contributed by atoms with Crippen molar-refractivity contribution in [3.8, 4) is 0 Å². The summed E-state index contributed by atoms with van der Waals surface area (Å²) in [5.74, 6) is 0.324. The Balaban J connectivity index is 2.53. The monoisotopic (exact) mass is 154 g/mol. The first-order valence-electron chi connectivity index (χ1n) is 4.26. The SMILES string of the molecule is CC=C(C)C(=O)C1CCC[NH2+]1. The molecule has 62 valence electrons. The standard InChI is InChI=1S/C9H15NO/c1-3-7(2)9(11)8-5-4-6-10-8/h3,8,10H,4-6H2,1-2H3/p+1. The highest BCUT2D eigenvalue weighted by atomic mass is 16.1. The van der Waals surface area contributed by atoms with Gasteiger partial charge in [0.15, 0.2) is 0 Å². The zero-order chi connectivity index (χ0) is 8.27. The van der Waals surface area contributed by atoms with Gasteiger partial charge in [-0.2, -0.15) is 0 Å². The Morgan fingerprint density at radius 2 is 2.36 bits per heavy atom. The van der Waals surface area contributed by atoms with E-state index >= 15 is 0 Å². The molecule has 0 aromatic carbocycles. The largest absolute Gasteiger partial charge is 0.337 e. The van der Waals surface area contributed by atoms with Crippen LogP contribution in [0.4, 0.5) is 0 Å². The molecule has 0 aromatic rings. The van der Waals surface area contributed by atoms with Crippen LogP contribution in [-0.2, 0) is 4.79 Å². The quantitative estimate of drug-likeness (QED) is 0.568. The minimum absolute atomic E-state index is 0.228. The summed E-state index contributed by atoms with van der Waals surface area (Å²) in [6.45, 7) is 4.93. The summed E-state index contributed by atoms with van der Waals surface area (Å²) in [6, 6.07) is 0.228. The number of ketones is 1. The van der Waals surface area contributed by atoms with Crippen molar-refractivity contribution in [1.29, 1.82) is 0 Å². The first-order chi connectivity index (χ1) is 5.25. The first-order valence-corrected chi connectivity index (χ1v) is 4.26. The van der Waals surface area contributed by atoms with Gasteiger partial charge in [0, 0.05) is 12.8 Å². The summed E-state index contributed by atoms with van der Waals surface area (Å²) in [5.41, 5.74) is 0.910. The van der Waals surface area contributed by atoms with Crippen LogP contribution < -0.4 is 5.32 Å². The second-order valence-corrected chi connectivity index (χ2v) is 3.11. The molecule has 11 heavy (non-hydrogen) atoms. The topological polar surface area (TPSA) is 33.7 Å². The third kappa shape index (κ3) is 1.90. The summed E-state index contributed by atoms with van der Waals surface area (Å²) in [4.78, 5) is 11.5. The van der Waals surface area contributed by atoms with Gasteiger partial charge in [0.2, 0.25) is 5.78 Å². The van der Waals surface area contributed by atoms with Crippen LogP contribution >= 0.6 is 0 Å². The molecule has 1 aliphatic heterocycles. The van der Waals surface area contributed by atoms with Gasteiger partial charge in [0.25, 0.3) is 0 Å². The van der Waals surface area contributed by atoms with Gasteiger partial charge in [0.1, 0.15) is 6.04 Å². The molecule has 0 spiro atoms. The molecule has 2 heteroatoms. The number of carbonyl (C=O) groups is 1. The Morgan fingerprint density at radius 1 is 1.64 bits per heavy atom. The van der Waals surface area contributed by atoms with Crippen LogP contribution in [0.25, 0.3) is 0 Å². The van der Waals surface area contributed by atoms with Crippen molar-refractivity contribution in [3.63, 3.8) is 0 Å². The fourth-order valence-corrected chi connectivity index (χ4v) is 1.45. The lowest BCUT2D eigenvalue weighted by atomic mass is 10.0. The van der Waals surface area contributed by atoms with Gasteiger partial charge in [0.05, 0.1) is 6.54 Å². The molecule has 0 aromatic heterocycles. The zero-order valence-corrected chi connectivity index (χ0v) is 7.26. The highest BCUT2D eigenvalue weighted by molar-refractivity contribution is 5.97. The van der Waals surface area contributed by atoms with Gasteiger partial charge in [-0.05, 0) is 19.4 Å². The van der Waals surface area contributed by atoms with Gasteiger partial charge < -0.3 is 5.32 Å². The smallest absolute Gasteiger partial charge is 0.215 e. The van der Waals surface area contributed by atoms with Gasteiger partial charge >= 0.3 is 0 Å². The van der Waals surface area contributed by atoms with Gasteiger partial charge in [-0.3, -0.25) is 4.79 Å². The van der Waals surface area contributed by atoms with Crippen molar-refractivity contribution >= 4 is 5.78 Å². The van der Waals surface area contributed by atoms with Gasteiger partial charge in [-0.15, -0.1) is 0 Å². The summed E-state index contributed by atoms with van der Waals surface area (Å²) in [5, 5.41) is 2.15. The van der Waals surface area contributed by atoms with Crippen molar-refractivity contribution < 1.29 is 10.1 Å². The van der Waals surface area contributed by atoms with Crippen LogP contribution in [0.2, 0.25) is 0 Å². The number of allylic oxidation sites excluding steroid dienone is 1. The van der Waals surface area contributed by atoms with Crippen LogP contribution in [0, 0.1) is 0 Å². The molecule has 0 saturated carbocycles. The maximum absolute atomic E-state index is 11.5. The van der Waals surface area contributed by atoms with Crippen molar-refractivity contribution in [2.75, 3.05) is 6.54 Å². The molecule has 2 nitrogen and oxygen atoms in total. The predicted octanol–water partition coefficient (Wildman–Crippen LogP) is 0.248. The van der Waals surface area contributed by atoms with E-state index < -0.39 is 0 Å². The van der Waals surface area contributed by atoms with Crippen molar-refractivity contribution in [1.82, 2.24) is 0 Å². The van der Waals surface area contributed by atoms with E-state index in [0.29, 0.717) is 5.78 Å². The first kappa shape index (κ1) is 8.47. The second-order valence-electron chi connectivity index (χ2n) is 3.11. The minimum Gasteiger partial charge on any atom is -0.337 e. The second kappa shape index (κ2) is 3.67. The van der Waals surface area contributed by atoms with E-state index in [0.717, 1.165) is 18.5 Å². The Hall–Kier alpha value is -0.630. The molecular weight excluding hydrogens is 138 g/mol. The number of rotatable bonds is 2. The van der Waals surface area contributed by atoms with Crippen LogP contribution in [-0.4, -0.2) is 18.4 Å². The number of Topliss-reactive ketones (excluding diaryl/α,β-unsaturated/α-hetero) is 1. The van der Waals surface area contributed by atoms with Gasteiger partial charge in [-0.1, -0.05) is 6.08 Å². The molecule has 1 saturated heterocycles. The fourth-order valence-electron chi connectivity index (χ4n) is 1.45. The maximum Gasteiger partial charge on any atom is 0.215 e. The van der Waals surface area contributed by atoms with Crippen molar-refractivity contribution in [3.05, 3.63) is 11.6 Å². The zero-order valence-electron chi connectivity index (χ0n) is 7.26. The summed E-state index contributed by atoms with van der Waals surface area (Å²) in [7, 11) is 0. The van der Waals surface area contributed by atoms with E-state index in [4.69, 9.17) is 0 Å². The van der Waals surface area contributed by atoms with E-state index in [9.17, 15) is 4.79 Å². The molecule has 1 unspecified atom stereocenters. The Labute approximate surface area is 67.7 Å². The summed E-state index contributed by atoms with van der Waals surface area (Å²) in [6.07, 6.45) is 4.14. The number of quaternary nitrogens is 1. The third-order valence-corrected chi connectivity index (χ3v) is 2.33. The van der Waals surface area contributed by atoms with Crippen molar-refractivity contribution in [2.24, 2.45) is 0 Å². The molecule has 0 radical (unpaired) electrons. The highest BCUT2D eigenvalue weighted by Gasteiger charge is 2.26. The van der Waals surface area contributed by atoms with Gasteiger partial charge in [-0.25, -0.2) is 0 Å². The van der Waals surface area contributed by atoms with Crippen molar-refractivity contribution in [2.45, 2.75) is 32.7 Å². The number of hydrogen-bond donors (Lipinski definition) is 1. The van der Waals surface area contributed by atoms with E-state index in [1.54, 1.807) is 0 Å². The van der Waals surface area contributed by atoms with Crippen LogP contribution in [0.5, 0.6) is 0 Å². The summed E-state index contributed by atoms with van der Waals surface area (Å²) >= 11 is 0. The van der Waals surface area contributed by atoms with Crippen LogP contribution in [0.3, 0.4) is 0 Å². The molecule has 1 heterocycles. The average Bonchev–Trinajstić information content (AvgIpc) is 2.53. The average molecular weight is 154 g/mol.